The topological polar surface area (TPSA) is 160 Å². The largest absolute Gasteiger partial charge is 0.382 e. The van der Waals surface area contributed by atoms with E-state index in [4.69, 9.17) is 15.0 Å². The fraction of sp³-hybridized carbons (Fsp3) is 0.792. The minimum Gasteiger partial charge on any atom is -0.382 e. The van der Waals surface area contributed by atoms with Crippen molar-refractivity contribution in [1.29, 1.82) is 0 Å². The van der Waals surface area contributed by atoms with Crippen molar-refractivity contribution in [2.75, 3.05) is 18.7 Å². The zero-order valence-electron chi connectivity index (χ0n) is 21.7. The molecule has 2 rings (SSSR count). The van der Waals surface area contributed by atoms with Gasteiger partial charge >= 0.3 is 7.60 Å². The lowest BCUT2D eigenvalue weighted by Crippen LogP contribution is -2.17. The van der Waals surface area contributed by atoms with Crippen LogP contribution in [-0.2, 0) is 20.4 Å². The Morgan fingerprint density at radius 2 is 1.54 bits per heavy atom. The van der Waals surface area contributed by atoms with Gasteiger partial charge in [-0.05, 0) is 13.3 Å². The van der Waals surface area contributed by atoms with Gasteiger partial charge in [0.05, 0.1) is 25.6 Å². The highest BCUT2D eigenvalue weighted by Gasteiger charge is 2.21. The first-order valence-electron chi connectivity index (χ1n) is 12.9. The predicted octanol–water partition coefficient (Wildman–Crippen LogP) is 6.23. The second-order valence-electron chi connectivity index (χ2n) is 9.15. The average molecular weight is 515 g/mol. The van der Waals surface area contributed by atoms with E-state index >= 15 is 0 Å². The van der Waals surface area contributed by atoms with Gasteiger partial charge < -0.3 is 30.6 Å². The van der Waals surface area contributed by atoms with Gasteiger partial charge in [-0.25, -0.2) is 15.0 Å². The van der Waals surface area contributed by atoms with Crippen LogP contribution in [0.5, 0.6) is 0 Å². The second kappa shape index (κ2) is 17.8. The summed E-state index contributed by atoms with van der Waals surface area (Å²) in [5, 5.41) is 0. The third-order valence-corrected chi connectivity index (χ3v) is 7.01. The van der Waals surface area contributed by atoms with Crippen molar-refractivity contribution < 1.29 is 18.7 Å². The zero-order chi connectivity index (χ0) is 24.7. The molecule has 11 heteroatoms. The number of imidazole rings is 1. The van der Waals surface area contributed by atoms with Gasteiger partial charge in [0, 0.05) is 0 Å². The number of rotatable bonds is 20. The smallest absolute Gasteiger partial charge is 0.353 e. The average Bonchev–Trinajstić information content (AvgIpc) is 3.22. The molecule has 35 heavy (non-hydrogen) atoms. The fourth-order valence-electron chi connectivity index (χ4n) is 3.95. The zero-order valence-corrected chi connectivity index (χ0v) is 22.6. The lowest BCUT2D eigenvalue weighted by molar-refractivity contribution is 0.0715. The molecule has 2 aromatic heterocycles. The van der Waals surface area contributed by atoms with Crippen molar-refractivity contribution in [3.8, 4) is 0 Å². The summed E-state index contributed by atoms with van der Waals surface area (Å²) in [5.74, 6) is 0.318. The molecule has 10 nitrogen and oxygen atoms in total. The number of nitrogen functional groups attached to an aromatic ring is 1. The highest BCUT2D eigenvalue weighted by Crippen LogP contribution is 2.42. The van der Waals surface area contributed by atoms with Crippen molar-refractivity contribution in [1.82, 2.24) is 25.7 Å². The van der Waals surface area contributed by atoms with Gasteiger partial charge in [-0.2, -0.15) is 0 Å². The van der Waals surface area contributed by atoms with Gasteiger partial charge in [0.15, 0.2) is 11.5 Å². The minimum absolute atomic E-state index is 0. The van der Waals surface area contributed by atoms with Crippen molar-refractivity contribution >= 4 is 24.6 Å². The first-order valence-corrected chi connectivity index (χ1v) is 14.7. The molecule has 0 aliphatic carbocycles. The highest BCUT2D eigenvalue weighted by molar-refractivity contribution is 7.52. The molecule has 0 saturated heterocycles. The van der Waals surface area contributed by atoms with Gasteiger partial charge in [-0.3, -0.25) is 4.57 Å². The van der Waals surface area contributed by atoms with E-state index in [0.29, 0.717) is 23.5 Å². The van der Waals surface area contributed by atoms with Crippen molar-refractivity contribution in [2.45, 2.75) is 110 Å². The molecule has 0 aliphatic heterocycles. The maximum atomic E-state index is 12.2. The monoisotopic (exact) mass is 514 g/mol. The Hall–Kier alpha value is -1.58. The molecule has 2 heterocycles. The number of hydrogen-bond acceptors (Lipinski definition) is 8. The molecule has 0 amide bonds. The molecule has 1 unspecified atom stereocenters. The van der Waals surface area contributed by atoms with Crippen LogP contribution in [0.2, 0.25) is 0 Å². The normalized spacial score (nSPS) is 14.0. The molecular weight excluding hydrogens is 467 g/mol. The predicted molar refractivity (Wildman–Crippen MR) is 142 cm³/mol. The number of nitrogens with two attached hydrogens (primary N) is 1. The van der Waals surface area contributed by atoms with Crippen molar-refractivity contribution in [2.24, 2.45) is 0 Å². The van der Waals surface area contributed by atoms with Crippen LogP contribution in [0.3, 0.4) is 0 Å². The van der Waals surface area contributed by atoms with Gasteiger partial charge in [0.2, 0.25) is 0 Å². The number of fused-ring (bicyclic) bond motifs is 1. The van der Waals surface area contributed by atoms with Crippen LogP contribution >= 0.6 is 7.60 Å². The number of unbranched alkanes of at least 4 members (excludes halogenated alkanes) is 12. The SMILES string of the molecule is CCCCCCCCCCCCCCCOP(=O)(O)CO[C@H](C)Cn1cnc2c(N)ncnc21.N. The van der Waals surface area contributed by atoms with Crippen LogP contribution in [0.25, 0.3) is 11.2 Å². The van der Waals surface area contributed by atoms with E-state index in [-0.39, 0.29) is 25.2 Å². The molecule has 0 aromatic carbocycles. The van der Waals surface area contributed by atoms with Crippen LogP contribution in [0, 0.1) is 0 Å². The van der Waals surface area contributed by atoms with E-state index in [1.807, 2.05) is 6.92 Å². The summed E-state index contributed by atoms with van der Waals surface area (Å²) in [6.07, 6.45) is 18.7. The van der Waals surface area contributed by atoms with E-state index in [1.54, 1.807) is 10.9 Å². The molecular formula is C24H47N6O4P. The Bertz CT molecular complexity index is 866. The van der Waals surface area contributed by atoms with Crippen LogP contribution < -0.4 is 11.9 Å². The number of nitrogens with zero attached hydrogens (tertiary/aromatic N) is 4. The molecule has 0 fully saturated rings. The second-order valence-corrected chi connectivity index (χ2v) is 10.9. The standard InChI is InChI=1S/C24H44N5O4P.H3N/c1-3-4-5-6-7-8-9-10-11-12-13-14-15-16-33-34(30,31)20-32-21(2)17-29-19-28-22-23(25)26-18-27-24(22)29;/h18-19,21H,3-17,20H2,1-2H3,(H,30,31)(H2,25,26,27);1H3/t21-;/m1./s1. The maximum absolute atomic E-state index is 12.2. The van der Waals surface area contributed by atoms with Crippen molar-refractivity contribution in [3.05, 3.63) is 12.7 Å². The van der Waals surface area contributed by atoms with Crippen LogP contribution in [0.1, 0.15) is 97.3 Å². The Balaban J connectivity index is 0.00000612. The van der Waals surface area contributed by atoms with Gasteiger partial charge in [0.1, 0.15) is 18.2 Å². The van der Waals surface area contributed by atoms with Crippen LogP contribution in [0.15, 0.2) is 12.7 Å². The summed E-state index contributed by atoms with van der Waals surface area (Å²) in [6.45, 7) is 4.78. The number of anilines is 1. The Labute approximate surface area is 210 Å². The van der Waals surface area contributed by atoms with E-state index in [0.717, 1.165) is 19.3 Å². The molecule has 6 N–H and O–H groups in total. The van der Waals surface area contributed by atoms with Gasteiger partial charge in [0.25, 0.3) is 0 Å². The van der Waals surface area contributed by atoms with Gasteiger partial charge in [-0.1, -0.05) is 84.0 Å². The van der Waals surface area contributed by atoms with E-state index < -0.39 is 7.60 Å². The van der Waals surface area contributed by atoms with Crippen molar-refractivity contribution in [3.63, 3.8) is 0 Å². The highest BCUT2D eigenvalue weighted by atomic mass is 31.2. The molecule has 0 aliphatic rings. The van der Waals surface area contributed by atoms with E-state index in [9.17, 15) is 9.46 Å². The summed E-state index contributed by atoms with van der Waals surface area (Å²) in [7, 11) is -3.77. The van der Waals surface area contributed by atoms with Crippen LogP contribution in [-0.4, -0.2) is 43.5 Å². The van der Waals surface area contributed by atoms with E-state index in [1.165, 1.54) is 70.5 Å². The first kappa shape index (κ1) is 31.4. The quantitative estimate of drug-likeness (QED) is 0.137. The summed E-state index contributed by atoms with van der Waals surface area (Å²) < 4.78 is 24.8. The number of ether oxygens (including phenoxy) is 1. The summed E-state index contributed by atoms with van der Waals surface area (Å²) in [6, 6.07) is 0. The summed E-state index contributed by atoms with van der Waals surface area (Å²) in [5.41, 5.74) is 6.93. The Kier molecular flexibility index (Phi) is 16.0. The molecule has 0 spiro atoms. The third kappa shape index (κ3) is 12.8. The number of hydrogen-bond donors (Lipinski definition) is 3. The molecule has 2 aromatic rings. The van der Waals surface area contributed by atoms with E-state index in [2.05, 4.69) is 21.9 Å². The summed E-state index contributed by atoms with van der Waals surface area (Å²) in [4.78, 5) is 22.4. The van der Waals surface area contributed by atoms with Crippen LogP contribution in [0.4, 0.5) is 5.82 Å². The Morgan fingerprint density at radius 1 is 0.971 bits per heavy atom. The Morgan fingerprint density at radius 3 is 2.14 bits per heavy atom. The first-order chi connectivity index (χ1) is 16.4. The minimum atomic E-state index is -3.77. The van der Waals surface area contributed by atoms with Gasteiger partial charge in [-0.15, -0.1) is 0 Å². The molecule has 0 saturated carbocycles. The summed E-state index contributed by atoms with van der Waals surface area (Å²) >= 11 is 0. The molecule has 2 atom stereocenters. The third-order valence-electron chi connectivity index (χ3n) is 5.95. The number of aromatic nitrogens is 4. The lowest BCUT2D eigenvalue weighted by atomic mass is 10.0. The lowest BCUT2D eigenvalue weighted by Gasteiger charge is -2.17. The fourth-order valence-corrected chi connectivity index (χ4v) is 4.88. The molecule has 0 radical (unpaired) electrons. The molecule has 202 valence electrons. The maximum Gasteiger partial charge on any atom is 0.353 e. The molecule has 0 bridgehead atoms.